The van der Waals surface area contributed by atoms with Gasteiger partial charge in [-0.05, 0) is 32.4 Å². The number of pyridine rings is 1. The molecule has 0 saturated carbocycles. The Labute approximate surface area is 166 Å². The molecular weight excluding hydrogens is 441 g/mol. The number of guanidine groups is 1. The van der Waals surface area contributed by atoms with Gasteiger partial charge < -0.3 is 15.5 Å². The number of hydrogen-bond acceptors (Lipinski definition) is 3. The molecule has 0 bridgehead atoms. The van der Waals surface area contributed by atoms with Crippen LogP contribution in [0.25, 0.3) is 0 Å². The third kappa shape index (κ3) is 8.68. The minimum absolute atomic E-state index is 0. The van der Waals surface area contributed by atoms with Gasteiger partial charge in [-0.1, -0.05) is 17.7 Å². The smallest absolute Gasteiger partial charge is 0.224 e. The van der Waals surface area contributed by atoms with E-state index in [1.165, 1.54) is 0 Å². The molecule has 0 saturated heterocycles. The lowest BCUT2D eigenvalue weighted by Crippen LogP contribution is -2.40. The van der Waals surface area contributed by atoms with Crippen molar-refractivity contribution >= 4 is 47.4 Å². The van der Waals surface area contributed by atoms with Gasteiger partial charge in [0.25, 0.3) is 0 Å². The average Bonchev–Trinajstić information content (AvgIpc) is 2.55. The van der Waals surface area contributed by atoms with Crippen LogP contribution in [0.2, 0.25) is 5.15 Å². The first-order valence-corrected chi connectivity index (χ1v) is 8.38. The molecule has 1 heterocycles. The highest BCUT2D eigenvalue weighted by atomic mass is 127. The van der Waals surface area contributed by atoms with E-state index in [1.807, 2.05) is 31.7 Å². The molecule has 0 aliphatic carbocycles. The fourth-order valence-electron chi connectivity index (χ4n) is 2.03. The summed E-state index contributed by atoms with van der Waals surface area (Å²) in [4.78, 5) is 22.3. The molecule has 6 nitrogen and oxygen atoms in total. The Kier molecular flexibility index (Phi) is 12.6. The van der Waals surface area contributed by atoms with E-state index < -0.39 is 0 Å². The van der Waals surface area contributed by atoms with Crippen LogP contribution >= 0.6 is 35.6 Å². The number of hydrogen-bond donors (Lipinski definition) is 2. The van der Waals surface area contributed by atoms with Gasteiger partial charge in [0.1, 0.15) is 5.15 Å². The van der Waals surface area contributed by atoms with Crippen molar-refractivity contribution in [1.29, 1.82) is 0 Å². The molecule has 8 heteroatoms. The maximum absolute atomic E-state index is 12.0. The van der Waals surface area contributed by atoms with Crippen molar-refractivity contribution in [2.24, 2.45) is 4.99 Å². The van der Waals surface area contributed by atoms with E-state index in [1.54, 1.807) is 12.3 Å². The third-order valence-electron chi connectivity index (χ3n) is 3.30. The molecule has 0 unspecified atom stereocenters. The van der Waals surface area contributed by atoms with Gasteiger partial charge in [0.15, 0.2) is 5.96 Å². The molecule has 136 valence electrons. The van der Waals surface area contributed by atoms with Gasteiger partial charge in [-0.15, -0.1) is 24.0 Å². The Bertz CT molecular complexity index is 506. The Balaban J connectivity index is 0.00000529. The zero-order valence-electron chi connectivity index (χ0n) is 14.5. The first-order chi connectivity index (χ1) is 11.1. The maximum Gasteiger partial charge on any atom is 0.224 e. The molecule has 1 aromatic heterocycles. The van der Waals surface area contributed by atoms with Crippen LogP contribution < -0.4 is 10.6 Å². The van der Waals surface area contributed by atoms with Gasteiger partial charge in [0.2, 0.25) is 5.91 Å². The highest BCUT2D eigenvalue weighted by molar-refractivity contribution is 14.0. The summed E-state index contributed by atoms with van der Waals surface area (Å²) in [5, 5.41) is 6.81. The summed E-state index contributed by atoms with van der Waals surface area (Å²) in [7, 11) is 0. The van der Waals surface area contributed by atoms with Gasteiger partial charge in [-0.2, -0.15) is 0 Å². The average molecular weight is 468 g/mol. The van der Waals surface area contributed by atoms with Gasteiger partial charge in [0, 0.05) is 38.8 Å². The number of aliphatic imine (C=N–C) groups is 1. The molecule has 0 radical (unpaired) electrons. The third-order valence-corrected chi connectivity index (χ3v) is 3.52. The van der Waals surface area contributed by atoms with Gasteiger partial charge in [-0.3, -0.25) is 4.79 Å². The van der Waals surface area contributed by atoms with Gasteiger partial charge in [0.05, 0.1) is 6.54 Å². The van der Waals surface area contributed by atoms with Crippen LogP contribution in [0, 0.1) is 0 Å². The monoisotopic (exact) mass is 467 g/mol. The van der Waals surface area contributed by atoms with Gasteiger partial charge >= 0.3 is 0 Å². The van der Waals surface area contributed by atoms with Crippen LogP contribution in [0.5, 0.6) is 0 Å². The van der Waals surface area contributed by atoms with Crippen molar-refractivity contribution < 1.29 is 4.79 Å². The van der Waals surface area contributed by atoms with E-state index in [9.17, 15) is 4.79 Å². The molecule has 24 heavy (non-hydrogen) atoms. The SMILES string of the molecule is CCNC(=NCc1ccc(Cl)nc1)NCCC(=O)N(CC)CC.I. The van der Waals surface area contributed by atoms with Gasteiger partial charge in [-0.25, -0.2) is 9.98 Å². The maximum atomic E-state index is 12.0. The molecule has 1 aromatic rings. The van der Waals surface area contributed by atoms with E-state index in [0.29, 0.717) is 30.6 Å². The highest BCUT2D eigenvalue weighted by Crippen LogP contribution is 2.06. The van der Waals surface area contributed by atoms with Crippen LogP contribution in [-0.2, 0) is 11.3 Å². The summed E-state index contributed by atoms with van der Waals surface area (Å²) in [6, 6.07) is 3.64. The molecule has 0 aliphatic heterocycles. The second kappa shape index (κ2) is 13.2. The molecular formula is C16H27ClIN5O. The molecule has 0 aromatic carbocycles. The first-order valence-electron chi connectivity index (χ1n) is 8.01. The van der Waals surface area contributed by atoms with Crippen molar-refractivity contribution in [3.8, 4) is 0 Å². The summed E-state index contributed by atoms with van der Waals surface area (Å²) in [5.41, 5.74) is 0.978. The van der Waals surface area contributed by atoms with Crippen LogP contribution in [0.1, 0.15) is 32.8 Å². The lowest BCUT2D eigenvalue weighted by Gasteiger charge is -2.19. The molecule has 0 aliphatic rings. The quantitative estimate of drug-likeness (QED) is 0.267. The highest BCUT2D eigenvalue weighted by Gasteiger charge is 2.09. The van der Waals surface area contributed by atoms with Crippen LogP contribution in [-0.4, -0.2) is 47.9 Å². The molecule has 0 atom stereocenters. The number of amides is 1. The molecule has 0 fully saturated rings. The predicted octanol–water partition coefficient (Wildman–Crippen LogP) is 2.67. The van der Waals surface area contributed by atoms with E-state index in [0.717, 1.165) is 25.2 Å². The topological polar surface area (TPSA) is 69.6 Å². The van der Waals surface area contributed by atoms with E-state index >= 15 is 0 Å². The number of halogens is 2. The Morgan fingerprint density at radius 1 is 1.25 bits per heavy atom. The zero-order valence-corrected chi connectivity index (χ0v) is 17.6. The van der Waals surface area contributed by atoms with Crippen molar-refractivity contribution in [2.75, 3.05) is 26.2 Å². The van der Waals surface area contributed by atoms with E-state index in [2.05, 4.69) is 20.6 Å². The summed E-state index contributed by atoms with van der Waals surface area (Å²) < 4.78 is 0. The number of carbonyl (C=O) groups is 1. The fraction of sp³-hybridized carbons (Fsp3) is 0.562. The number of rotatable bonds is 8. The van der Waals surface area contributed by atoms with Crippen LogP contribution in [0.3, 0.4) is 0 Å². The Morgan fingerprint density at radius 3 is 2.50 bits per heavy atom. The largest absolute Gasteiger partial charge is 0.357 e. The summed E-state index contributed by atoms with van der Waals surface area (Å²) in [5.74, 6) is 0.843. The predicted molar refractivity (Wildman–Crippen MR) is 110 cm³/mol. The molecule has 2 N–H and O–H groups in total. The lowest BCUT2D eigenvalue weighted by molar-refractivity contribution is -0.130. The second-order valence-corrected chi connectivity index (χ2v) is 5.31. The summed E-state index contributed by atoms with van der Waals surface area (Å²) >= 11 is 5.76. The van der Waals surface area contributed by atoms with Crippen LogP contribution in [0.4, 0.5) is 0 Å². The number of nitrogens with zero attached hydrogens (tertiary/aromatic N) is 3. The van der Waals surface area contributed by atoms with Crippen molar-refractivity contribution in [3.63, 3.8) is 0 Å². The normalized spacial score (nSPS) is 10.8. The van der Waals surface area contributed by atoms with Crippen LogP contribution in [0.15, 0.2) is 23.3 Å². The van der Waals surface area contributed by atoms with Crippen molar-refractivity contribution in [3.05, 3.63) is 29.0 Å². The Hall–Kier alpha value is -1.09. The second-order valence-electron chi connectivity index (χ2n) is 4.93. The van der Waals surface area contributed by atoms with Crippen molar-refractivity contribution in [1.82, 2.24) is 20.5 Å². The molecule has 1 amide bonds. The van der Waals surface area contributed by atoms with E-state index in [-0.39, 0.29) is 29.9 Å². The first kappa shape index (κ1) is 22.9. The molecule has 1 rings (SSSR count). The molecule has 0 spiro atoms. The van der Waals surface area contributed by atoms with Crippen molar-refractivity contribution in [2.45, 2.75) is 33.7 Å². The summed E-state index contributed by atoms with van der Waals surface area (Å²) in [6.07, 6.45) is 2.16. The standard InChI is InChI=1S/C16H26ClN5O.HI/c1-4-18-16(19-10-9-15(23)22(5-2)6-3)21-12-13-7-8-14(17)20-11-13;/h7-8,11H,4-6,9-10,12H2,1-3H3,(H2,18,19,21);1H. The Morgan fingerprint density at radius 2 is 1.96 bits per heavy atom. The minimum atomic E-state index is 0. The summed E-state index contributed by atoms with van der Waals surface area (Å²) in [6.45, 7) is 9.28. The number of carbonyl (C=O) groups excluding carboxylic acids is 1. The fourth-order valence-corrected chi connectivity index (χ4v) is 2.15. The number of aromatic nitrogens is 1. The number of nitrogens with one attached hydrogen (secondary N) is 2. The zero-order chi connectivity index (χ0) is 17.1. The minimum Gasteiger partial charge on any atom is -0.357 e. The van der Waals surface area contributed by atoms with E-state index in [4.69, 9.17) is 11.6 Å². The lowest BCUT2D eigenvalue weighted by atomic mass is 10.3.